The minimum absolute atomic E-state index is 0.00229. The molecule has 2 aromatic carbocycles. The van der Waals surface area contributed by atoms with E-state index in [1.807, 2.05) is 6.92 Å². The Bertz CT molecular complexity index is 779. The predicted molar refractivity (Wildman–Crippen MR) is 82.5 cm³/mol. The van der Waals surface area contributed by atoms with Gasteiger partial charge in [0.05, 0.1) is 15.6 Å². The topological polar surface area (TPSA) is 72.2 Å². The summed E-state index contributed by atoms with van der Waals surface area (Å²) in [7, 11) is -3.88. The van der Waals surface area contributed by atoms with Crippen molar-refractivity contribution in [3.8, 4) is 0 Å². The summed E-state index contributed by atoms with van der Waals surface area (Å²) in [5.74, 6) is -0.585. The zero-order valence-corrected chi connectivity index (χ0v) is 12.8. The smallest absolute Gasteiger partial charge is 0.262 e. The predicted octanol–water partition coefficient (Wildman–Crippen LogP) is 3.42. The van der Waals surface area contributed by atoms with Gasteiger partial charge in [0.25, 0.3) is 10.0 Å². The van der Waals surface area contributed by atoms with Crippen molar-refractivity contribution in [3.05, 3.63) is 52.8 Å². The van der Waals surface area contributed by atoms with Gasteiger partial charge in [0.15, 0.2) is 0 Å². The van der Waals surface area contributed by atoms with Crippen LogP contribution in [0.1, 0.15) is 12.5 Å². The molecule has 2 rings (SSSR count). The number of hydrogen-bond donors (Lipinski definition) is 2. The van der Waals surface area contributed by atoms with Crippen molar-refractivity contribution in [2.75, 3.05) is 10.5 Å². The molecule has 0 amide bonds. The van der Waals surface area contributed by atoms with E-state index >= 15 is 0 Å². The van der Waals surface area contributed by atoms with Crippen LogP contribution in [0.3, 0.4) is 0 Å². The van der Waals surface area contributed by atoms with E-state index in [1.54, 1.807) is 6.07 Å². The van der Waals surface area contributed by atoms with Crippen molar-refractivity contribution in [1.29, 1.82) is 0 Å². The summed E-state index contributed by atoms with van der Waals surface area (Å²) >= 11 is 5.85. The molecule has 0 aromatic heterocycles. The summed E-state index contributed by atoms with van der Waals surface area (Å²) in [5.41, 5.74) is 7.03. The second kappa shape index (κ2) is 5.91. The summed E-state index contributed by atoms with van der Waals surface area (Å²) in [4.78, 5) is -0.00229. The molecule has 0 atom stereocenters. The first kappa shape index (κ1) is 15.6. The Hall–Kier alpha value is -1.79. The van der Waals surface area contributed by atoms with Gasteiger partial charge in [0.1, 0.15) is 5.82 Å². The maximum absolute atomic E-state index is 13.2. The van der Waals surface area contributed by atoms with Gasteiger partial charge in [0.2, 0.25) is 0 Å². The lowest BCUT2D eigenvalue weighted by Gasteiger charge is -2.11. The average Bonchev–Trinajstić information content (AvgIpc) is 2.42. The normalized spacial score (nSPS) is 11.4. The number of hydrogen-bond acceptors (Lipinski definition) is 3. The third kappa shape index (κ3) is 3.46. The van der Waals surface area contributed by atoms with Crippen LogP contribution >= 0.6 is 11.6 Å². The Morgan fingerprint density at radius 2 is 1.95 bits per heavy atom. The number of anilines is 2. The first-order valence-corrected chi connectivity index (χ1v) is 8.06. The summed E-state index contributed by atoms with van der Waals surface area (Å²) < 4.78 is 40.0. The van der Waals surface area contributed by atoms with Crippen molar-refractivity contribution < 1.29 is 12.8 Å². The van der Waals surface area contributed by atoms with Gasteiger partial charge < -0.3 is 5.73 Å². The molecular formula is C14H14ClFN2O2S. The van der Waals surface area contributed by atoms with Gasteiger partial charge in [0, 0.05) is 5.69 Å². The zero-order valence-electron chi connectivity index (χ0n) is 11.2. The molecule has 0 fully saturated rings. The van der Waals surface area contributed by atoms with Gasteiger partial charge in [-0.2, -0.15) is 0 Å². The standard InChI is InChI=1S/C14H14ClFN2O2S/c1-2-9-3-5-11(8-13(9)17)21(19,20)18-14-7-10(16)4-6-12(14)15/h3-8,18H,2,17H2,1H3. The number of nitrogens with one attached hydrogen (secondary N) is 1. The van der Waals surface area contributed by atoms with Crippen LogP contribution in [-0.4, -0.2) is 8.42 Å². The van der Waals surface area contributed by atoms with Gasteiger partial charge in [-0.3, -0.25) is 4.72 Å². The van der Waals surface area contributed by atoms with Crippen molar-refractivity contribution in [2.24, 2.45) is 0 Å². The summed E-state index contributed by atoms with van der Waals surface area (Å²) in [6, 6.07) is 7.91. The first-order valence-electron chi connectivity index (χ1n) is 6.19. The van der Waals surface area contributed by atoms with Crippen molar-refractivity contribution in [3.63, 3.8) is 0 Å². The number of nitrogen functional groups attached to an aromatic ring is 1. The lowest BCUT2D eigenvalue weighted by molar-refractivity contribution is 0.601. The largest absolute Gasteiger partial charge is 0.398 e. The molecule has 0 saturated carbocycles. The molecule has 7 heteroatoms. The molecule has 4 nitrogen and oxygen atoms in total. The fraction of sp³-hybridized carbons (Fsp3) is 0.143. The molecule has 0 aliphatic rings. The van der Waals surface area contributed by atoms with Crippen LogP contribution in [0.2, 0.25) is 5.02 Å². The minimum atomic E-state index is -3.88. The third-order valence-electron chi connectivity index (χ3n) is 2.98. The van der Waals surface area contributed by atoms with E-state index < -0.39 is 15.8 Å². The first-order chi connectivity index (χ1) is 9.83. The molecule has 0 saturated heterocycles. The van der Waals surface area contributed by atoms with Gasteiger partial charge in [-0.1, -0.05) is 24.6 Å². The second-order valence-electron chi connectivity index (χ2n) is 4.44. The molecule has 3 N–H and O–H groups in total. The average molecular weight is 329 g/mol. The third-order valence-corrected chi connectivity index (χ3v) is 4.67. The van der Waals surface area contributed by atoms with Gasteiger partial charge in [-0.05, 0) is 42.3 Å². The molecule has 0 unspecified atom stereocenters. The van der Waals surface area contributed by atoms with Crippen LogP contribution in [0.15, 0.2) is 41.3 Å². The Balaban J connectivity index is 2.38. The van der Waals surface area contributed by atoms with E-state index in [-0.39, 0.29) is 15.6 Å². The molecule has 2 aromatic rings. The highest BCUT2D eigenvalue weighted by Crippen LogP contribution is 2.26. The Morgan fingerprint density at radius 3 is 2.57 bits per heavy atom. The second-order valence-corrected chi connectivity index (χ2v) is 6.53. The molecule has 112 valence electrons. The van der Waals surface area contributed by atoms with Crippen LogP contribution in [0.5, 0.6) is 0 Å². The van der Waals surface area contributed by atoms with E-state index in [1.165, 1.54) is 18.2 Å². The van der Waals surface area contributed by atoms with E-state index in [2.05, 4.69) is 4.72 Å². The lowest BCUT2D eigenvalue weighted by Crippen LogP contribution is -2.14. The van der Waals surface area contributed by atoms with Gasteiger partial charge in [-0.15, -0.1) is 0 Å². The van der Waals surface area contributed by atoms with E-state index in [0.29, 0.717) is 12.1 Å². The SMILES string of the molecule is CCc1ccc(S(=O)(=O)Nc2cc(F)ccc2Cl)cc1N. The molecule has 0 aliphatic carbocycles. The van der Waals surface area contributed by atoms with Crippen LogP contribution in [0.4, 0.5) is 15.8 Å². The molecular weight excluding hydrogens is 315 g/mol. The van der Waals surface area contributed by atoms with Crippen molar-refractivity contribution >= 4 is 33.0 Å². The number of rotatable bonds is 4. The minimum Gasteiger partial charge on any atom is -0.398 e. The number of benzene rings is 2. The summed E-state index contributed by atoms with van der Waals surface area (Å²) in [6.45, 7) is 1.92. The monoisotopic (exact) mass is 328 g/mol. The molecule has 0 spiro atoms. The van der Waals surface area contributed by atoms with Gasteiger partial charge in [-0.25, -0.2) is 12.8 Å². The van der Waals surface area contributed by atoms with E-state index in [4.69, 9.17) is 17.3 Å². The molecule has 0 radical (unpaired) electrons. The fourth-order valence-corrected chi connectivity index (χ4v) is 3.17. The highest BCUT2D eigenvalue weighted by Gasteiger charge is 2.17. The van der Waals surface area contributed by atoms with Crippen molar-refractivity contribution in [1.82, 2.24) is 0 Å². The number of aryl methyl sites for hydroxylation is 1. The van der Waals surface area contributed by atoms with Crippen LogP contribution in [-0.2, 0) is 16.4 Å². The van der Waals surface area contributed by atoms with E-state index in [9.17, 15) is 12.8 Å². The number of sulfonamides is 1. The summed E-state index contributed by atoms with van der Waals surface area (Å²) in [6.07, 6.45) is 0.704. The van der Waals surface area contributed by atoms with Crippen LogP contribution in [0.25, 0.3) is 0 Å². The molecule has 0 aliphatic heterocycles. The van der Waals surface area contributed by atoms with Gasteiger partial charge >= 0.3 is 0 Å². The number of nitrogens with two attached hydrogens (primary N) is 1. The van der Waals surface area contributed by atoms with E-state index in [0.717, 1.165) is 17.7 Å². The molecule has 0 bridgehead atoms. The molecule has 0 heterocycles. The Kier molecular flexibility index (Phi) is 4.39. The molecule has 21 heavy (non-hydrogen) atoms. The Labute approximate surface area is 127 Å². The Morgan fingerprint density at radius 1 is 1.24 bits per heavy atom. The van der Waals surface area contributed by atoms with Crippen LogP contribution in [0, 0.1) is 5.82 Å². The summed E-state index contributed by atoms with van der Waals surface area (Å²) in [5, 5.41) is 0.109. The quantitative estimate of drug-likeness (QED) is 0.845. The van der Waals surface area contributed by atoms with Crippen molar-refractivity contribution in [2.45, 2.75) is 18.2 Å². The zero-order chi connectivity index (χ0) is 15.6. The number of halogens is 2. The maximum Gasteiger partial charge on any atom is 0.262 e. The maximum atomic E-state index is 13.2. The van der Waals surface area contributed by atoms with Crippen LogP contribution < -0.4 is 10.5 Å². The lowest BCUT2D eigenvalue weighted by atomic mass is 10.1. The fourth-order valence-electron chi connectivity index (χ4n) is 1.84. The highest BCUT2D eigenvalue weighted by atomic mass is 35.5. The highest BCUT2D eigenvalue weighted by molar-refractivity contribution is 7.92.